The molecule has 0 radical (unpaired) electrons. The lowest BCUT2D eigenvalue weighted by Gasteiger charge is -2.20. The van der Waals surface area contributed by atoms with Crippen LogP contribution in [-0.2, 0) is 11.3 Å². The predicted octanol–water partition coefficient (Wildman–Crippen LogP) is 2.54. The van der Waals surface area contributed by atoms with Gasteiger partial charge >= 0.3 is 0 Å². The summed E-state index contributed by atoms with van der Waals surface area (Å²) in [6.45, 7) is 2.22. The Morgan fingerprint density at radius 3 is 2.69 bits per heavy atom. The minimum atomic E-state index is -0.349. The Balaban J connectivity index is 1.75. The first-order valence-electron chi connectivity index (χ1n) is 8.09. The Labute approximate surface area is 150 Å². The Bertz CT molecular complexity index is 895. The monoisotopic (exact) mass is 355 g/mol. The van der Waals surface area contributed by atoms with E-state index in [4.69, 9.17) is 4.74 Å². The number of carbonyl (C=O) groups is 1. The van der Waals surface area contributed by atoms with Crippen molar-refractivity contribution >= 4 is 11.6 Å². The van der Waals surface area contributed by atoms with Gasteiger partial charge in [-0.3, -0.25) is 4.79 Å². The van der Waals surface area contributed by atoms with Crippen LogP contribution in [0, 0.1) is 5.82 Å². The standard InChI is InChI=1S/C18H18FN5O2/c1-3-23(15-9-7-14(19)8-10-15)17(25)12-24-21-18(20-22-24)13-5-4-6-16(11-13)26-2/h4-11H,3,12H2,1-2H3. The molecule has 0 aliphatic rings. The van der Waals surface area contributed by atoms with Crippen LogP contribution in [0.25, 0.3) is 11.4 Å². The molecule has 0 bridgehead atoms. The van der Waals surface area contributed by atoms with Crippen molar-refractivity contribution in [2.75, 3.05) is 18.6 Å². The van der Waals surface area contributed by atoms with Crippen molar-refractivity contribution in [2.45, 2.75) is 13.5 Å². The number of benzene rings is 2. The molecule has 0 saturated carbocycles. The second kappa shape index (κ2) is 7.73. The average Bonchev–Trinajstić information content (AvgIpc) is 3.12. The van der Waals surface area contributed by atoms with E-state index in [1.54, 1.807) is 25.3 Å². The number of halogens is 1. The number of hydrogen-bond acceptors (Lipinski definition) is 5. The fraction of sp³-hybridized carbons (Fsp3) is 0.222. The van der Waals surface area contributed by atoms with Crippen LogP contribution in [0.5, 0.6) is 5.75 Å². The maximum absolute atomic E-state index is 13.1. The summed E-state index contributed by atoms with van der Waals surface area (Å²) in [6.07, 6.45) is 0. The van der Waals surface area contributed by atoms with E-state index in [0.717, 1.165) is 5.56 Å². The molecular weight excluding hydrogens is 337 g/mol. The number of likely N-dealkylation sites (N-methyl/N-ethyl adjacent to an activating group) is 1. The normalized spacial score (nSPS) is 10.6. The van der Waals surface area contributed by atoms with Crippen molar-refractivity contribution in [2.24, 2.45) is 0 Å². The second-order valence-corrected chi connectivity index (χ2v) is 5.49. The van der Waals surface area contributed by atoms with Gasteiger partial charge in [0.15, 0.2) is 0 Å². The van der Waals surface area contributed by atoms with E-state index in [-0.39, 0.29) is 18.3 Å². The third kappa shape index (κ3) is 3.85. The van der Waals surface area contributed by atoms with Crippen LogP contribution >= 0.6 is 0 Å². The smallest absolute Gasteiger partial charge is 0.250 e. The number of methoxy groups -OCH3 is 1. The fourth-order valence-corrected chi connectivity index (χ4v) is 2.52. The van der Waals surface area contributed by atoms with Gasteiger partial charge in [0.1, 0.15) is 18.1 Å². The number of ether oxygens (including phenoxy) is 1. The molecule has 7 nitrogen and oxygen atoms in total. The summed E-state index contributed by atoms with van der Waals surface area (Å²) in [7, 11) is 1.58. The van der Waals surface area contributed by atoms with E-state index >= 15 is 0 Å². The van der Waals surface area contributed by atoms with E-state index < -0.39 is 0 Å². The lowest BCUT2D eigenvalue weighted by Crippen LogP contribution is -2.34. The van der Waals surface area contributed by atoms with E-state index in [2.05, 4.69) is 15.4 Å². The summed E-state index contributed by atoms with van der Waals surface area (Å²) >= 11 is 0. The summed E-state index contributed by atoms with van der Waals surface area (Å²) in [5, 5.41) is 12.2. The van der Waals surface area contributed by atoms with Crippen LogP contribution < -0.4 is 9.64 Å². The molecule has 1 aromatic heterocycles. The van der Waals surface area contributed by atoms with Crippen molar-refractivity contribution in [3.05, 3.63) is 54.3 Å². The number of tetrazole rings is 1. The predicted molar refractivity (Wildman–Crippen MR) is 94.2 cm³/mol. The van der Waals surface area contributed by atoms with E-state index in [1.165, 1.54) is 21.8 Å². The van der Waals surface area contributed by atoms with Crippen LogP contribution in [0.3, 0.4) is 0 Å². The topological polar surface area (TPSA) is 73.1 Å². The van der Waals surface area contributed by atoms with Crippen LogP contribution in [0.4, 0.5) is 10.1 Å². The molecular formula is C18H18FN5O2. The van der Waals surface area contributed by atoms with E-state index in [0.29, 0.717) is 23.8 Å². The van der Waals surface area contributed by atoms with Crippen molar-refractivity contribution in [3.63, 3.8) is 0 Å². The molecule has 0 saturated heterocycles. The molecule has 0 aliphatic heterocycles. The van der Waals surface area contributed by atoms with E-state index in [1.807, 2.05) is 25.1 Å². The third-order valence-electron chi connectivity index (χ3n) is 3.81. The zero-order chi connectivity index (χ0) is 18.5. The Kier molecular flexibility index (Phi) is 5.21. The molecule has 0 N–H and O–H groups in total. The zero-order valence-corrected chi connectivity index (χ0v) is 14.5. The highest BCUT2D eigenvalue weighted by Gasteiger charge is 2.16. The maximum atomic E-state index is 13.1. The number of rotatable bonds is 6. The first-order valence-corrected chi connectivity index (χ1v) is 8.09. The van der Waals surface area contributed by atoms with Crippen molar-refractivity contribution < 1.29 is 13.9 Å². The lowest BCUT2D eigenvalue weighted by molar-refractivity contribution is -0.119. The van der Waals surface area contributed by atoms with Gasteiger partial charge in [-0.25, -0.2) is 4.39 Å². The summed E-state index contributed by atoms with van der Waals surface area (Å²) in [4.78, 5) is 15.3. The van der Waals surface area contributed by atoms with Crippen LogP contribution in [0.15, 0.2) is 48.5 Å². The molecule has 0 unspecified atom stereocenters. The third-order valence-corrected chi connectivity index (χ3v) is 3.81. The zero-order valence-electron chi connectivity index (χ0n) is 14.5. The molecule has 1 amide bonds. The van der Waals surface area contributed by atoms with Gasteiger partial charge in [0.25, 0.3) is 5.91 Å². The summed E-state index contributed by atoms with van der Waals surface area (Å²) < 4.78 is 18.3. The number of anilines is 1. The van der Waals surface area contributed by atoms with Crippen LogP contribution in [0.2, 0.25) is 0 Å². The molecule has 26 heavy (non-hydrogen) atoms. The highest BCUT2D eigenvalue weighted by atomic mass is 19.1. The van der Waals surface area contributed by atoms with Gasteiger partial charge in [-0.2, -0.15) is 4.80 Å². The summed E-state index contributed by atoms with van der Waals surface area (Å²) in [5.41, 5.74) is 1.36. The first kappa shape index (κ1) is 17.5. The number of carbonyl (C=O) groups excluding carboxylic acids is 1. The first-order chi connectivity index (χ1) is 12.6. The summed E-state index contributed by atoms with van der Waals surface area (Å²) in [6, 6.07) is 13.0. The molecule has 1 heterocycles. The maximum Gasteiger partial charge on any atom is 0.250 e. The van der Waals surface area contributed by atoms with Crippen LogP contribution in [-0.4, -0.2) is 39.8 Å². The molecule has 0 atom stereocenters. The number of nitrogens with zero attached hydrogens (tertiary/aromatic N) is 5. The highest BCUT2D eigenvalue weighted by molar-refractivity contribution is 5.92. The minimum absolute atomic E-state index is 0.0673. The van der Waals surface area contributed by atoms with Gasteiger partial charge in [-0.05, 0) is 48.5 Å². The Hall–Kier alpha value is -3.29. The van der Waals surface area contributed by atoms with Crippen molar-refractivity contribution in [1.82, 2.24) is 20.2 Å². The summed E-state index contributed by atoms with van der Waals surface area (Å²) in [5.74, 6) is 0.525. The van der Waals surface area contributed by atoms with Gasteiger partial charge in [0.2, 0.25) is 5.82 Å². The molecule has 0 fully saturated rings. The Morgan fingerprint density at radius 1 is 1.23 bits per heavy atom. The average molecular weight is 355 g/mol. The molecule has 8 heteroatoms. The largest absolute Gasteiger partial charge is 0.497 e. The van der Waals surface area contributed by atoms with Gasteiger partial charge in [0, 0.05) is 17.8 Å². The molecule has 3 aromatic rings. The van der Waals surface area contributed by atoms with Crippen molar-refractivity contribution in [1.29, 1.82) is 0 Å². The quantitative estimate of drug-likeness (QED) is 0.679. The van der Waals surface area contributed by atoms with E-state index in [9.17, 15) is 9.18 Å². The van der Waals surface area contributed by atoms with Crippen LogP contribution in [0.1, 0.15) is 6.92 Å². The molecule has 0 aliphatic carbocycles. The molecule has 2 aromatic carbocycles. The Morgan fingerprint density at radius 2 is 2.00 bits per heavy atom. The van der Waals surface area contributed by atoms with Crippen molar-refractivity contribution in [3.8, 4) is 17.1 Å². The SMILES string of the molecule is CCN(C(=O)Cn1nnc(-c2cccc(OC)c2)n1)c1ccc(F)cc1. The molecule has 3 rings (SSSR count). The fourth-order valence-electron chi connectivity index (χ4n) is 2.52. The minimum Gasteiger partial charge on any atom is -0.497 e. The number of amides is 1. The van der Waals surface area contributed by atoms with Gasteiger partial charge < -0.3 is 9.64 Å². The number of hydrogen-bond donors (Lipinski definition) is 0. The highest BCUT2D eigenvalue weighted by Crippen LogP contribution is 2.20. The van der Waals surface area contributed by atoms with Gasteiger partial charge in [0.05, 0.1) is 7.11 Å². The van der Waals surface area contributed by atoms with Gasteiger partial charge in [-0.1, -0.05) is 12.1 Å². The molecule has 0 spiro atoms. The lowest BCUT2D eigenvalue weighted by atomic mass is 10.2. The second-order valence-electron chi connectivity index (χ2n) is 5.49. The van der Waals surface area contributed by atoms with Gasteiger partial charge in [-0.15, -0.1) is 10.2 Å². The molecule has 134 valence electrons. The number of aromatic nitrogens is 4.